The second kappa shape index (κ2) is 9.91. The van der Waals surface area contributed by atoms with Gasteiger partial charge >= 0.3 is 0 Å². The maximum atomic E-state index is 13.1. The minimum absolute atomic E-state index is 0.137. The Morgan fingerprint density at radius 1 is 1.00 bits per heavy atom. The van der Waals surface area contributed by atoms with Crippen molar-refractivity contribution >= 4 is 5.91 Å². The summed E-state index contributed by atoms with van der Waals surface area (Å²) in [5.74, 6) is 1.09. The molecule has 0 aliphatic rings. The van der Waals surface area contributed by atoms with Crippen molar-refractivity contribution in [2.75, 3.05) is 7.11 Å². The molecule has 0 aliphatic heterocycles. The molecular weight excluding hydrogens is 421 g/mol. The third-order valence-electron chi connectivity index (χ3n) is 4.92. The molecule has 33 heavy (non-hydrogen) atoms. The summed E-state index contributed by atoms with van der Waals surface area (Å²) in [6.07, 6.45) is 1.44. The van der Waals surface area contributed by atoms with Gasteiger partial charge in [0.1, 0.15) is 22.9 Å². The molecule has 3 aromatic carbocycles. The molecule has 166 valence electrons. The average molecular weight is 443 g/mol. The van der Waals surface area contributed by atoms with E-state index in [0.29, 0.717) is 17.3 Å². The lowest BCUT2D eigenvalue weighted by molar-refractivity contribution is 0.0947. The molecule has 0 spiro atoms. The number of hydrogen-bond acceptors (Lipinski definition) is 5. The van der Waals surface area contributed by atoms with Gasteiger partial charge in [-0.3, -0.25) is 4.79 Å². The molecule has 1 aromatic heterocycles. The van der Waals surface area contributed by atoms with Crippen molar-refractivity contribution in [3.8, 4) is 28.8 Å². The highest BCUT2D eigenvalue weighted by Crippen LogP contribution is 2.27. The highest BCUT2D eigenvalue weighted by Gasteiger charge is 2.18. The van der Waals surface area contributed by atoms with Crippen LogP contribution >= 0.6 is 0 Å². The number of carbonyl (C=O) groups excluding carboxylic acids is 1. The van der Waals surface area contributed by atoms with E-state index >= 15 is 0 Å². The van der Waals surface area contributed by atoms with E-state index in [1.54, 1.807) is 25.3 Å². The zero-order valence-electron chi connectivity index (χ0n) is 18.2. The van der Waals surface area contributed by atoms with Crippen molar-refractivity contribution in [2.24, 2.45) is 0 Å². The smallest absolute Gasteiger partial charge is 0.258 e. The number of methoxy groups -OCH3 is 1. The molecule has 0 saturated heterocycles. The first-order valence-electron chi connectivity index (χ1n) is 10.3. The molecule has 4 rings (SSSR count). The number of aromatic nitrogens is 2. The first kappa shape index (κ1) is 22.0. The number of rotatable bonds is 7. The molecule has 0 atom stereocenters. The van der Waals surface area contributed by atoms with Gasteiger partial charge in [-0.15, -0.1) is 0 Å². The summed E-state index contributed by atoms with van der Waals surface area (Å²) in [5, 5.41) is 2.81. The Morgan fingerprint density at radius 3 is 2.45 bits per heavy atom. The van der Waals surface area contributed by atoms with Crippen LogP contribution in [-0.4, -0.2) is 23.0 Å². The Labute approximate surface area is 191 Å². The zero-order chi connectivity index (χ0) is 23.2. The number of carbonyl (C=O) groups is 1. The van der Waals surface area contributed by atoms with E-state index in [4.69, 9.17) is 9.47 Å². The molecule has 4 aromatic rings. The number of benzene rings is 3. The van der Waals surface area contributed by atoms with Crippen LogP contribution in [0.2, 0.25) is 0 Å². The summed E-state index contributed by atoms with van der Waals surface area (Å²) in [6, 6.07) is 20.7. The molecule has 1 amide bonds. The van der Waals surface area contributed by atoms with Gasteiger partial charge in [0.15, 0.2) is 5.82 Å². The van der Waals surface area contributed by atoms with E-state index in [1.807, 2.05) is 49.4 Å². The van der Waals surface area contributed by atoms with E-state index < -0.39 is 5.91 Å². The van der Waals surface area contributed by atoms with Gasteiger partial charge in [0.2, 0.25) is 5.88 Å². The molecule has 0 aliphatic carbocycles. The SMILES string of the molecule is COc1ccc(-c2ncc(C(=O)NCc3ccc(F)cc3)c(Oc3cccc(C)c3)n2)cc1. The lowest BCUT2D eigenvalue weighted by Crippen LogP contribution is -2.24. The van der Waals surface area contributed by atoms with Gasteiger partial charge in [-0.1, -0.05) is 24.3 Å². The van der Waals surface area contributed by atoms with Crippen molar-refractivity contribution in [3.05, 3.63) is 102 Å². The highest BCUT2D eigenvalue weighted by atomic mass is 19.1. The van der Waals surface area contributed by atoms with Gasteiger partial charge in [-0.25, -0.2) is 9.37 Å². The number of hydrogen-bond donors (Lipinski definition) is 1. The highest BCUT2D eigenvalue weighted by molar-refractivity contribution is 5.96. The maximum absolute atomic E-state index is 13.1. The fourth-order valence-corrected chi connectivity index (χ4v) is 3.15. The normalized spacial score (nSPS) is 10.5. The molecule has 6 nitrogen and oxygen atoms in total. The number of amides is 1. The lowest BCUT2D eigenvalue weighted by Gasteiger charge is -2.12. The first-order valence-corrected chi connectivity index (χ1v) is 10.3. The molecule has 1 heterocycles. The summed E-state index contributed by atoms with van der Waals surface area (Å²) in [4.78, 5) is 21.8. The van der Waals surface area contributed by atoms with Crippen LogP contribution in [0.5, 0.6) is 17.4 Å². The number of aryl methyl sites for hydroxylation is 1. The standard InChI is InChI=1S/C26H22FN3O3/c1-17-4-3-5-22(14-17)33-26-23(25(31)29-15-18-6-10-20(27)11-7-18)16-28-24(30-26)19-8-12-21(32-2)13-9-19/h3-14,16H,15H2,1-2H3,(H,29,31). The molecule has 0 fully saturated rings. The largest absolute Gasteiger partial charge is 0.497 e. The third kappa shape index (κ3) is 5.51. The van der Waals surface area contributed by atoms with Gasteiger partial charge in [0, 0.05) is 18.3 Å². The van der Waals surface area contributed by atoms with E-state index in [2.05, 4.69) is 15.3 Å². The van der Waals surface area contributed by atoms with Gasteiger partial charge in [0.05, 0.1) is 7.11 Å². The summed E-state index contributed by atoms with van der Waals surface area (Å²) in [6.45, 7) is 2.18. The fourth-order valence-electron chi connectivity index (χ4n) is 3.15. The van der Waals surface area contributed by atoms with Gasteiger partial charge in [0.25, 0.3) is 5.91 Å². The topological polar surface area (TPSA) is 73.3 Å². The second-order valence-electron chi connectivity index (χ2n) is 7.37. The Hall–Kier alpha value is -4.26. The minimum Gasteiger partial charge on any atom is -0.497 e. The van der Waals surface area contributed by atoms with E-state index in [1.165, 1.54) is 18.3 Å². The van der Waals surface area contributed by atoms with E-state index in [0.717, 1.165) is 16.7 Å². The number of halogens is 1. The Bertz CT molecular complexity index is 1260. The summed E-state index contributed by atoms with van der Waals surface area (Å²) >= 11 is 0. The molecule has 1 N–H and O–H groups in total. The molecule has 0 radical (unpaired) electrons. The van der Waals surface area contributed by atoms with Gasteiger partial charge < -0.3 is 14.8 Å². The van der Waals surface area contributed by atoms with Crippen molar-refractivity contribution in [2.45, 2.75) is 13.5 Å². The average Bonchev–Trinajstić information content (AvgIpc) is 2.83. The molecule has 7 heteroatoms. The zero-order valence-corrected chi connectivity index (χ0v) is 18.2. The van der Waals surface area contributed by atoms with Crippen LogP contribution in [-0.2, 0) is 6.54 Å². The predicted molar refractivity (Wildman–Crippen MR) is 123 cm³/mol. The lowest BCUT2D eigenvalue weighted by atomic mass is 10.2. The van der Waals surface area contributed by atoms with Crippen LogP contribution < -0.4 is 14.8 Å². The first-order chi connectivity index (χ1) is 16.0. The maximum Gasteiger partial charge on any atom is 0.258 e. The van der Waals surface area contributed by atoms with Crippen LogP contribution in [0.1, 0.15) is 21.5 Å². The Morgan fingerprint density at radius 2 is 1.76 bits per heavy atom. The quantitative estimate of drug-likeness (QED) is 0.418. The Balaban J connectivity index is 1.63. The van der Waals surface area contributed by atoms with Gasteiger partial charge in [-0.2, -0.15) is 4.98 Å². The fraction of sp³-hybridized carbons (Fsp3) is 0.115. The van der Waals surface area contributed by atoms with Crippen LogP contribution in [0, 0.1) is 12.7 Å². The van der Waals surface area contributed by atoms with Crippen molar-refractivity contribution < 1.29 is 18.7 Å². The molecular formula is C26H22FN3O3. The van der Waals surface area contributed by atoms with Crippen molar-refractivity contribution in [3.63, 3.8) is 0 Å². The van der Waals surface area contributed by atoms with Crippen LogP contribution in [0.3, 0.4) is 0 Å². The number of nitrogens with one attached hydrogen (secondary N) is 1. The molecule has 0 bridgehead atoms. The molecule has 0 unspecified atom stereocenters. The predicted octanol–water partition coefficient (Wildman–Crippen LogP) is 5.32. The van der Waals surface area contributed by atoms with Crippen LogP contribution in [0.4, 0.5) is 4.39 Å². The third-order valence-corrected chi connectivity index (χ3v) is 4.92. The van der Waals surface area contributed by atoms with Gasteiger partial charge in [-0.05, 0) is 66.6 Å². The van der Waals surface area contributed by atoms with Crippen molar-refractivity contribution in [1.82, 2.24) is 15.3 Å². The van der Waals surface area contributed by atoms with E-state index in [9.17, 15) is 9.18 Å². The van der Waals surface area contributed by atoms with Crippen molar-refractivity contribution in [1.29, 1.82) is 0 Å². The monoisotopic (exact) mass is 443 g/mol. The Kier molecular flexibility index (Phi) is 6.59. The summed E-state index contributed by atoms with van der Waals surface area (Å²) < 4.78 is 24.3. The van der Waals surface area contributed by atoms with Crippen LogP contribution in [0.15, 0.2) is 79.0 Å². The number of ether oxygens (including phenoxy) is 2. The minimum atomic E-state index is -0.400. The number of nitrogens with zero attached hydrogens (tertiary/aromatic N) is 2. The van der Waals surface area contributed by atoms with E-state index in [-0.39, 0.29) is 23.8 Å². The summed E-state index contributed by atoms with van der Waals surface area (Å²) in [7, 11) is 1.60. The summed E-state index contributed by atoms with van der Waals surface area (Å²) in [5.41, 5.74) is 2.72. The molecule has 0 saturated carbocycles. The second-order valence-corrected chi connectivity index (χ2v) is 7.37. The van der Waals surface area contributed by atoms with Crippen LogP contribution in [0.25, 0.3) is 11.4 Å².